The molecule has 4 atom stereocenters. The molecule has 2 aromatic rings. The summed E-state index contributed by atoms with van der Waals surface area (Å²) in [4.78, 5) is 18.2. The standard InChI is InChI=1S/C32H48N4O6S/c1-2-3-19-36-24-25-13-11-20-35-21-12-16-27(30(25)35)28(36)17-10-18-29(37)40-22-8-5-9-23-41-31-32(34-42-33-31)43(38,39)26-14-6-4-7-15-26/h4,6-7,14-15,25,27-28,30H,2-3,5,8-13,16-24H2,1H3/t25-,27+,28?,30-/m1/s1. The largest absolute Gasteiger partial charge is 0.473 e. The number of sulfone groups is 1. The van der Waals surface area contributed by atoms with Crippen LogP contribution in [0, 0.1) is 11.8 Å². The van der Waals surface area contributed by atoms with E-state index in [4.69, 9.17) is 9.47 Å². The third-order valence-corrected chi connectivity index (χ3v) is 11.1. The van der Waals surface area contributed by atoms with Gasteiger partial charge in [-0.25, -0.2) is 13.0 Å². The highest BCUT2D eigenvalue weighted by atomic mass is 32.2. The molecule has 0 spiro atoms. The van der Waals surface area contributed by atoms with Gasteiger partial charge >= 0.3 is 5.97 Å². The van der Waals surface area contributed by atoms with E-state index in [0.717, 1.165) is 43.6 Å². The smallest absolute Gasteiger partial charge is 0.305 e. The highest BCUT2D eigenvalue weighted by Crippen LogP contribution is 2.43. The van der Waals surface area contributed by atoms with Crippen molar-refractivity contribution in [2.75, 3.05) is 39.4 Å². The lowest BCUT2D eigenvalue weighted by Gasteiger charge is -2.57. The summed E-state index contributed by atoms with van der Waals surface area (Å²) in [6.07, 6.45) is 12.4. The number of ether oxygens (including phenoxy) is 2. The highest BCUT2D eigenvalue weighted by molar-refractivity contribution is 7.91. The van der Waals surface area contributed by atoms with Crippen LogP contribution >= 0.6 is 0 Å². The van der Waals surface area contributed by atoms with E-state index in [1.165, 1.54) is 76.8 Å². The maximum Gasteiger partial charge on any atom is 0.305 e. The summed E-state index contributed by atoms with van der Waals surface area (Å²) in [5, 5.41) is 6.85. The van der Waals surface area contributed by atoms with Crippen molar-refractivity contribution >= 4 is 15.8 Å². The average Bonchev–Trinajstić information content (AvgIpc) is 3.51. The number of benzene rings is 1. The Labute approximate surface area is 256 Å². The fourth-order valence-electron chi connectivity index (χ4n) is 7.50. The van der Waals surface area contributed by atoms with Crippen LogP contribution in [0.15, 0.2) is 44.9 Å². The molecule has 3 fully saturated rings. The van der Waals surface area contributed by atoms with Crippen LogP contribution < -0.4 is 4.74 Å². The Morgan fingerprint density at radius 2 is 1.79 bits per heavy atom. The maximum atomic E-state index is 12.8. The Kier molecular flexibility index (Phi) is 11.5. The van der Waals surface area contributed by atoms with Crippen molar-refractivity contribution in [3.8, 4) is 5.88 Å². The molecule has 3 aliphatic rings. The van der Waals surface area contributed by atoms with Crippen molar-refractivity contribution < 1.29 is 27.3 Å². The molecule has 1 aromatic carbocycles. The van der Waals surface area contributed by atoms with Crippen molar-refractivity contribution in [2.24, 2.45) is 11.8 Å². The normalized spacial score (nSPS) is 24.4. The molecule has 3 saturated heterocycles. The van der Waals surface area contributed by atoms with Gasteiger partial charge in [-0.15, -0.1) is 0 Å². The number of aromatic nitrogens is 2. The van der Waals surface area contributed by atoms with E-state index in [1.807, 2.05) is 0 Å². The topological polar surface area (TPSA) is 115 Å². The van der Waals surface area contributed by atoms with E-state index in [0.29, 0.717) is 25.5 Å². The van der Waals surface area contributed by atoms with Gasteiger partial charge in [0.15, 0.2) is 0 Å². The first-order valence-corrected chi connectivity index (χ1v) is 17.9. The number of carbonyl (C=O) groups is 1. The minimum atomic E-state index is -3.87. The molecule has 1 aromatic heterocycles. The van der Waals surface area contributed by atoms with Gasteiger partial charge in [-0.1, -0.05) is 31.5 Å². The van der Waals surface area contributed by atoms with Gasteiger partial charge in [-0.2, -0.15) is 0 Å². The van der Waals surface area contributed by atoms with E-state index >= 15 is 0 Å². The van der Waals surface area contributed by atoms with Crippen molar-refractivity contribution in [1.29, 1.82) is 0 Å². The quantitative estimate of drug-likeness (QED) is 0.185. The molecule has 0 radical (unpaired) electrons. The van der Waals surface area contributed by atoms with Gasteiger partial charge in [-0.3, -0.25) is 14.6 Å². The van der Waals surface area contributed by atoms with E-state index in [9.17, 15) is 13.2 Å². The monoisotopic (exact) mass is 616 g/mol. The summed E-state index contributed by atoms with van der Waals surface area (Å²) >= 11 is 0. The van der Waals surface area contributed by atoms with Gasteiger partial charge < -0.3 is 9.47 Å². The Hall–Kier alpha value is -2.50. The second-order valence-electron chi connectivity index (χ2n) is 12.4. The summed E-state index contributed by atoms with van der Waals surface area (Å²) in [6.45, 7) is 7.87. The molecule has 1 unspecified atom stereocenters. The zero-order valence-corrected chi connectivity index (χ0v) is 26.4. The maximum absolute atomic E-state index is 12.8. The van der Waals surface area contributed by atoms with E-state index < -0.39 is 9.84 Å². The lowest BCUT2D eigenvalue weighted by atomic mass is 9.69. The highest BCUT2D eigenvalue weighted by Gasteiger charge is 2.48. The van der Waals surface area contributed by atoms with Crippen LogP contribution in [0.4, 0.5) is 0 Å². The van der Waals surface area contributed by atoms with Crippen LogP contribution in [-0.2, 0) is 19.4 Å². The summed E-state index contributed by atoms with van der Waals surface area (Å²) in [6, 6.07) is 9.33. The number of carbonyl (C=O) groups excluding carboxylic acids is 1. The molecule has 4 heterocycles. The van der Waals surface area contributed by atoms with Crippen LogP contribution in [0.5, 0.6) is 5.88 Å². The summed E-state index contributed by atoms with van der Waals surface area (Å²) in [5.74, 6) is 1.31. The van der Waals surface area contributed by atoms with E-state index in [2.05, 4.69) is 31.7 Å². The summed E-state index contributed by atoms with van der Waals surface area (Å²) in [5.41, 5.74) is 0. The molecular weight excluding hydrogens is 568 g/mol. The Morgan fingerprint density at radius 3 is 2.60 bits per heavy atom. The van der Waals surface area contributed by atoms with Gasteiger partial charge in [-0.05, 0) is 118 Å². The van der Waals surface area contributed by atoms with E-state index in [1.54, 1.807) is 18.2 Å². The first kappa shape index (κ1) is 31.9. The first-order chi connectivity index (χ1) is 21.0. The fraction of sp³-hybridized carbons (Fsp3) is 0.719. The number of hydrogen-bond acceptors (Lipinski definition) is 10. The van der Waals surface area contributed by atoms with Crippen LogP contribution in [-0.4, -0.2) is 86.0 Å². The zero-order chi connectivity index (χ0) is 30.1. The van der Waals surface area contributed by atoms with Gasteiger partial charge in [0.05, 0.1) is 18.1 Å². The molecule has 0 aliphatic carbocycles. The van der Waals surface area contributed by atoms with Gasteiger partial charge in [0.2, 0.25) is 9.84 Å². The number of hydrogen-bond donors (Lipinski definition) is 0. The first-order valence-electron chi connectivity index (χ1n) is 16.4. The van der Waals surface area contributed by atoms with Crippen molar-refractivity contribution in [2.45, 2.75) is 106 Å². The van der Waals surface area contributed by atoms with Gasteiger partial charge in [0.1, 0.15) is 0 Å². The predicted molar refractivity (Wildman–Crippen MR) is 161 cm³/mol. The van der Waals surface area contributed by atoms with Crippen molar-refractivity contribution in [3.63, 3.8) is 0 Å². The molecule has 0 amide bonds. The van der Waals surface area contributed by atoms with Gasteiger partial charge in [0, 0.05) is 25.0 Å². The van der Waals surface area contributed by atoms with Crippen molar-refractivity contribution in [1.82, 2.24) is 20.1 Å². The lowest BCUT2D eigenvalue weighted by Crippen LogP contribution is -2.64. The van der Waals surface area contributed by atoms with Crippen molar-refractivity contribution in [3.05, 3.63) is 30.3 Å². The van der Waals surface area contributed by atoms with E-state index in [-0.39, 0.29) is 28.4 Å². The molecule has 0 saturated carbocycles. The lowest BCUT2D eigenvalue weighted by molar-refractivity contribution is -0.144. The minimum absolute atomic E-state index is 0.100. The number of nitrogens with zero attached hydrogens (tertiary/aromatic N) is 4. The summed E-state index contributed by atoms with van der Waals surface area (Å²) in [7, 11) is -3.87. The third-order valence-electron chi connectivity index (χ3n) is 9.49. The molecule has 10 nitrogen and oxygen atoms in total. The van der Waals surface area contributed by atoms with Crippen LogP contribution in [0.2, 0.25) is 0 Å². The molecule has 3 aliphatic heterocycles. The Balaban J connectivity index is 0.990. The molecule has 238 valence electrons. The number of likely N-dealkylation sites (tertiary alicyclic amines) is 1. The Morgan fingerprint density at radius 1 is 1.00 bits per heavy atom. The third kappa shape index (κ3) is 7.97. The van der Waals surface area contributed by atoms with Gasteiger partial charge in [0.25, 0.3) is 10.9 Å². The molecule has 0 bridgehead atoms. The molecular formula is C32H48N4O6S. The van der Waals surface area contributed by atoms with Crippen LogP contribution in [0.3, 0.4) is 0 Å². The SMILES string of the molecule is CCCCN1C[C@H]2CCCN3CCC[C@@H](C1CCCC(=O)OCCCCCOc1nonc1S(=O)(=O)c1ccccc1)[C@@H]23. The number of unbranched alkanes of at least 4 members (excludes halogenated alkanes) is 3. The summed E-state index contributed by atoms with van der Waals surface area (Å²) < 4.78 is 41.3. The number of rotatable bonds is 16. The average molecular weight is 617 g/mol. The number of esters is 1. The molecule has 43 heavy (non-hydrogen) atoms. The minimum Gasteiger partial charge on any atom is -0.473 e. The number of piperidine rings is 3. The van der Waals surface area contributed by atoms with Crippen LogP contribution in [0.1, 0.15) is 84.0 Å². The van der Waals surface area contributed by atoms with Crippen LogP contribution in [0.25, 0.3) is 0 Å². The second kappa shape index (κ2) is 15.5. The second-order valence-corrected chi connectivity index (χ2v) is 14.2. The zero-order valence-electron chi connectivity index (χ0n) is 25.6. The molecule has 11 heteroatoms. The molecule has 0 N–H and O–H groups in total. The predicted octanol–water partition coefficient (Wildman–Crippen LogP) is 5.14. The molecule has 5 rings (SSSR count). The fourth-order valence-corrected chi connectivity index (χ4v) is 8.69. The Bertz CT molecular complexity index is 1250.